The highest BCUT2D eigenvalue weighted by atomic mass is 16.5. The molecule has 2 atom stereocenters. The summed E-state index contributed by atoms with van der Waals surface area (Å²) in [6, 6.07) is 8.19. The number of aliphatic hydroxyl groups is 1. The van der Waals surface area contributed by atoms with Gasteiger partial charge in [0.05, 0.1) is 19.3 Å². The fourth-order valence-electron chi connectivity index (χ4n) is 3.96. The molecule has 0 bridgehead atoms. The van der Waals surface area contributed by atoms with Gasteiger partial charge in [-0.2, -0.15) is 0 Å². The Labute approximate surface area is 143 Å². The van der Waals surface area contributed by atoms with Crippen LogP contribution in [-0.4, -0.2) is 65.7 Å². The topological polar surface area (TPSA) is 79.0 Å². The zero-order chi connectivity index (χ0) is 17.1. The summed E-state index contributed by atoms with van der Waals surface area (Å²) in [6.07, 6.45) is 2.04. The van der Waals surface area contributed by atoms with Crippen LogP contribution in [-0.2, 0) is 11.3 Å². The van der Waals surface area contributed by atoms with Gasteiger partial charge in [-0.1, -0.05) is 12.1 Å². The number of ether oxygens (including phenoxy) is 1. The minimum atomic E-state index is -0.433. The summed E-state index contributed by atoms with van der Waals surface area (Å²) in [5, 5.41) is 9.87. The van der Waals surface area contributed by atoms with Gasteiger partial charge in [0.1, 0.15) is 5.75 Å². The second kappa shape index (κ2) is 7.51. The number of hydrogen-bond acceptors (Lipinski definition) is 5. The van der Waals surface area contributed by atoms with Crippen LogP contribution in [0.15, 0.2) is 24.3 Å². The monoisotopic (exact) mass is 333 g/mol. The minimum Gasteiger partial charge on any atom is -0.497 e. The van der Waals surface area contributed by atoms with Gasteiger partial charge in [-0.3, -0.25) is 14.6 Å². The second-order valence-electron chi connectivity index (χ2n) is 6.86. The summed E-state index contributed by atoms with van der Waals surface area (Å²) in [5.74, 6) is 0.572. The molecule has 0 aliphatic carbocycles. The van der Waals surface area contributed by atoms with Crippen LogP contribution in [0.1, 0.15) is 24.8 Å². The first kappa shape index (κ1) is 17.2. The molecule has 1 aromatic carbocycles. The van der Waals surface area contributed by atoms with Gasteiger partial charge in [-0.05, 0) is 50.0 Å². The van der Waals surface area contributed by atoms with Gasteiger partial charge in [0.15, 0.2) is 0 Å². The molecular formula is C18H27N3O3. The molecule has 24 heavy (non-hydrogen) atoms. The summed E-state index contributed by atoms with van der Waals surface area (Å²) in [7, 11) is 1.68. The Kier molecular flexibility index (Phi) is 5.38. The van der Waals surface area contributed by atoms with Crippen molar-refractivity contribution in [2.75, 3.05) is 26.7 Å². The average molecular weight is 333 g/mol. The van der Waals surface area contributed by atoms with Crippen molar-refractivity contribution in [1.29, 1.82) is 0 Å². The fraction of sp³-hybridized carbons (Fsp3) is 0.611. The molecule has 2 aliphatic heterocycles. The first-order valence-electron chi connectivity index (χ1n) is 8.65. The Hall–Kier alpha value is -1.63. The van der Waals surface area contributed by atoms with E-state index in [1.54, 1.807) is 7.11 Å². The van der Waals surface area contributed by atoms with Gasteiger partial charge in [0, 0.05) is 19.1 Å². The third-order valence-electron chi connectivity index (χ3n) is 5.21. The van der Waals surface area contributed by atoms with Crippen LogP contribution >= 0.6 is 0 Å². The Morgan fingerprint density at radius 1 is 1.38 bits per heavy atom. The van der Waals surface area contributed by atoms with E-state index in [-0.39, 0.29) is 11.9 Å². The van der Waals surface area contributed by atoms with Crippen molar-refractivity contribution in [3.63, 3.8) is 0 Å². The number of piperidine rings is 1. The number of nitrogens with two attached hydrogens (primary N) is 1. The number of carbonyl (C=O) groups is 1. The van der Waals surface area contributed by atoms with E-state index in [0.29, 0.717) is 19.0 Å². The summed E-state index contributed by atoms with van der Waals surface area (Å²) in [4.78, 5) is 16.2. The number of primary amides is 1. The third kappa shape index (κ3) is 3.88. The van der Waals surface area contributed by atoms with Crippen molar-refractivity contribution in [3.8, 4) is 5.75 Å². The molecule has 6 nitrogen and oxygen atoms in total. The van der Waals surface area contributed by atoms with E-state index in [0.717, 1.165) is 38.2 Å². The largest absolute Gasteiger partial charge is 0.497 e. The minimum absolute atomic E-state index is 0.310. The van der Waals surface area contributed by atoms with Crippen LogP contribution in [0.5, 0.6) is 5.75 Å². The number of benzene rings is 1. The number of methoxy groups -OCH3 is 1. The first-order chi connectivity index (χ1) is 11.6. The normalized spacial score (nSPS) is 26.6. The number of likely N-dealkylation sites (tertiary alicyclic amines) is 2. The number of amides is 1. The lowest BCUT2D eigenvalue weighted by Crippen LogP contribution is -2.50. The number of nitrogens with zero attached hydrogens (tertiary/aromatic N) is 2. The molecule has 2 aliphatic rings. The zero-order valence-corrected chi connectivity index (χ0v) is 14.2. The molecule has 0 spiro atoms. The van der Waals surface area contributed by atoms with Crippen molar-refractivity contribution < 1.29 is 14.6 Å². The number of rotatable bonds is 5. The summed E-state index contributed by atoms with van der Waals surface area (Å²) in [5.41, 5.74) is 6.75. The molecule has 6 heteroatoms. The summed E-state index contributed by atoms with van der Waals surface area (Å²) >= 11 is 0. The van der Waals surface area contributed by atoms with Crippen LogP contribution in [0.2, 0.25) is 0 Å². The van der Waals surface area contributed by atoms with Gasteiger partial charge in [-0.15, -0.1) is 0 Å². The molecule has 0 radical (unpaired) electrons. The maximum Gasteiger partial charge on any atom is 0.234 e. The molecule has 1 amide bonds. The Morgan fingerprint density at radius 3 is 2.79 bits per heavy atom. The smallest absolute Gasteiger partial charge is 0.234 e. The van der Waals surface area contributed by atoms with E-state index in [2.05, 4.69) is 21.9 Å². The highest BCUT2D eigenvalue weighted by molar-refractivity contribution is 5.80. The molecule has 0 unspecified atom stereocenters. The van der Waals surface area contributed by atoms with Crippen molar-refractivity contribution >= 4 is 5.91 Å². The number of hydrogen-bond donors (Lipinski definition) is 2. The summed E-state index contributed by atoms with van der Waals surface area (Å²) < 4.78 is 5.28. The number of carbonyl (C=O) groups excluding carboxylic acids is 1. The molecule has 0 saturated carbocycles. The first-order valence-corrected chi connectivity index (χ1v) is 8.65. The molecular weight excluding hydrogens is 306 g/mol. The average Bonchev–Trinajstić information content (AvgIpc) is 2.98. The number of aliphatic hydroxyl groups excluding tert-OH is 1. The van der Waals surface area contributed by atoms with E-state index >= 15 is 0 Å². The molecule has 132 valence electrons. The SMILES string of the molecule is COc1cccc(CN2CCC(N3C[C@H](O)C[C@H]3C(N)=O)CC2)c1. The van der Waals surface area contributed by atoms with E-state index in [1.807, 2.05) is 12.1 Å². The van der Waals surface area contributed by atoms with Crippen molar-refractivity contribution in [1.82, 2.24) is 9.80 Å². The lowest BCUT2D eigenvalue weighted by molar-refractivity contribution is -0.123. The van der Waals surface area contributed by atoms with Crippen LogP contribution in [0.3, 0.4) is 0 Å². The molecule has 0 aromatic heterocycles. The van der Waals surface area contributed by atoms with E-state index in [9.17, 15) is 9.90 Å². The predicted molar refractivity (Wildman–Crippen MR) is 91.6 cm³/mol. The quantitative estimate of drug-likeness (QED) is 0.824. The van der Waals surface area contributed by atoms with Crippen LogP contribution in [0.25, 0.3) is 0 Å². The lowest BCUT2D eigenvalue weighted by atomic mass is 10.0. The van der Waals surface area contributed by atoms with Crippen LogP contribution in [0.4, 0.5) is 0 Å². The molecule has 3 N–H and O–H groups in total. The Balaban J connectivity index is 1.54. The Morgan fingerprint density at radius 2 is 2.12 bits per heavy atom. The van der Waals surface area contributed by atoms with Gasteiger partial charge in [0.25, 0.3) is 0 Å². The van der Waals surface area contributed by atoms with Crippen molar-refractivity contribution in [3.05, 3.63) is 29.8 Å². The molecule has 1 aromatic rings. The van der Waals surface area contributed by atoms with Crippen molar-refractivity contribution in [2.24, 2.45) is 5.73 Å². The van der Waals surface area contributed by atoms with E-state index in [1.165, 1.54) is 5.56 Å². The molecule has 2 heterocycles. The molecule has 3 rings (SSSR count). The molecule has 2 fully saturated rings. The second-order valence-corrected chi connectivity index (χ2v) is 6.86. The molecule has 2 saturated heterocycles. The van der Waals surface area contributed by atoms with Crippen molar-refractivity contribution in [2.45, 2.75) is 44.0 Å². The van der Waals surface area contributed by atoms with E-state index < -0.39 is 6.10 Å². The third-order valence-corrected chi connectivity index (χ3v) is 5.21. The summed E-state index contributed by atoms with van der Waals surface area (Å²) in [6.45, 7) is 3.44. The van der Waals surface area contributed by atoms with Gasteiger partial charge in [0.2, 0.25) is 5.91 Å². The van der Waals surface area contributed by atoms with Crippen LogP contribution < -0.4 is 10.5 Å². The van der Waals surface area contributed by atoms with Crippen LogP contribution in [0, 0.1) is 0 Å². The Bertz CT molecular complexity index is 572. The zero-order valence-electron chi connectivity index (χ0n) is 14.2. The van der Waals surface area contributed by atoms with Gasteiger partial charge < -0.3 is 15.6 Å². The number of β-amino-alcohol motifs (C(OH)–C–C–N with tert-alkyl or cyclic N) is 1. The lowest BCUT2D eigenvalue weighted by Gasteiger charge is -2.38. The standard InChI is InChI=1S/C18H27N3O3/c1-24-16-4-2-3-13(9-16)11-20-7-5-14(6-8-20)21-12-15(22)10-17(21)18(19)23/h2-4,9,14-15,17,22H,5-8,10-12H2,1H3,(H2,19,23)/t15-,17+/m1/s1. The fourth-order valence-corrected chi connectivity index (χ4v) is 3.96. The van der Waals surface area contributed by atoms with Gasteiger partial charge in [-0.25, -0.2) is 0 Å². The maximum absolute atomic E-state index is 11.6. The predicted octanol–water partition coefficient (Wildman–Crippen LogP) is 0.580. The van der Waals surface area contributed by atoms with E-state index in [4.69, 9.17) is 10.5 Å². The highest BCUT2D eigenvalue weighted by Crippen LogP contribution is 2.27. The van der Waals surface area contributed by atoms with Gasteiger partial charge >= 0.3 is 0 Å². The maximum atomic E-state index is 11.6. The highest BCUT2D eigenvalue weighted by Gasteiger charge is 2.39.